The Kier molecular flexibility index (Phi) is 3.03. The van der Waals surface area contributed by atoms with Gasteiger partial charge in [0.15, 0.2) is 0 Å². The van der Waals surface area contributed by atoms with Crippen molar-refractivity contribution in [3.63, 3.8) is 0 Å². The van der Waals surface area contributed by atoms with Crippen LogP contribution in [-0.4, -0.2) is 27.8 Å². The molecule has 2 fully saturated rings. The first-order chi connectivity index (χ1) is 7.88. The predicted molar refractivity (Wildman–Crippen MR) is 67.6 cm³/mol. The van der Waals surface area contributed by atoms with Gasteiger partial charge in [-0.15, -0.1) is 11.6 Å². The van der Waals surface area contributed by atoms with Gasteiger partial charge in [0.05, 0.1) is 0 Å². The van der Waals surface area contributed by atoms with Crippen molar-refractivity contribution in [2.45, 2.75) is 44.1 Å². The largest absolute Gasteiger partial charge is 0.343 e. The Bertz CT molecular complexity index is 360. The van der Waals surface area contributed by atoms with Crippen LogP contribution in [0.2, 0.25) is 0 Å². The molecule has 2 aliphatic rings. The van der Waals surface area contributed by atoms with Gasteiger partial charge in [0.1, 0.15) is 5.82 Å². The summed E-state index contributed by atoms with van der Waals surface area (Å²) in [7, 11) is 0. The van der Waals surface area contributed by atoms with Gasteiger partial charge in [-0.1, -0.05) is 0 Å². The first kappa shape index (κ1) is 10.8. The molecule has 5 heteroatoms. The van der Waals surface area contributed by atoms with Gasteiger partial charge >= 0.3 is 0 Å². The fourth-order valence-electron chi connectivity index (χ4n) is 2.07. The van der Waals surface area contributed by atoms with E-state index in [1.165, 1.54) is 32.1 Å². The van der Waals surface area contributed by atoms with Gasteiger partial charge in [-0.25, -0.2) is 4.98 Å². The molecule has 0 radical (unpaired) electrons. The second-order valence-electron chi connectivity index (χ2n) is 4.68. The topological polar surface area (TPSA) is 29.0 Å². The smallest absolute Gasteiger partial charge is 0.205 e. The standard InChI is InChI=1S/C11H16ClN3S/c12-6-7-15(9-2-1-3-9)11-13-10(14-16-11)8-4-5-8/h8-9H,1-7H2. The van der Waals surface area contributed by atoms with E-state index in [1.54, 1.807) is 11.5 Å². The zero-order chi connectivity index (χ0) is 11.0. The summed E-state index contributed by atoms with van der Waals surface area (Å²) in [5.41, 5.74) is 0. The van der Waals surface area contributed by atoms with E-state index < -0.39 is 0 Å². The van der Waals surface area contributed by atoms with Crippen LogP contribution in [0.4, 0.5) is 5.13 Å². The number of nitrogens with zero attached hydrogens (tertiary/aromatic N) is 3. The molecule has 3 rings (SSSR count). The van der Waals surface area contributed by atoms with Crippen molar-refractivity contribution in [1.82, 2.24) is 9.36 Å². The summed E-state index contributed by atoms with van der Waals surface area (Å²) in [5, 5.41) is 1.09. The van der Waals surface area contributed by atoms with E-state index in [1.807, 2.05) is 0 Å². The molecule has 0 aromatic carbocycles. The number of alkyl halides is 1. The quantitative estimate of drug-likeness (QED) is 0.760. The summed E-state index contributed by atoms with van der Waals surface area (Å²) >= 11 is 7.42. The first-order valence-electron chi connectivity index (χ1n) is 6.04. The van der Waals surface area contributed by atoms with Crippen molar-refractivity contribution in [3.8, 4) is 0 Å². The fraction of sp³-hybridized carbons (Fsp3) is 0.818. The number of halogens is 1. The van der Waals surface area contributed by atoms with Gasteiger partial charge in [-0.05, 0) is 32.1 Å². The molecule has 0 aliphatic heterocycles. The van der Waals surface area contributed by atoms with Gasteiger partial charge in [0.2, 0.25) is 5.13 Å². The number of aromatic nitrogens is 2. The summed E-state index contributed by atoms with van der Waals surface area (Å²) in [5.74, 6) is 2.40. The van der Waals surface area contributed by atoms with Crippen molar-refractivity contribution in [2.24, 2.45) is 0 Å². The van der Waals surface area contributed by atoms with Crippen LogP contribution in [0.5, 0.6) is 0 Å². The van der Waals surface area contributed by atoms with Gasteiger partial charge in [0.25, 0.3) is 0 Å². The molecule has 3 nitrogen and oxygen atoms in total. The molecule has 0 amide bonds. The summed E-state index contributed by atoms with van der Waals surface area (Å²) < 4.78 is 4.47. The molecule has 88 valence electrons. The maximum atomic E-state index is 5.87. The molecule has 0 atom stereocenters. The van der Waals surface area contributed by atoms with Crippen LogP contribution in [0.25, 0.3) is 0 Å². The van der Waals surface area contributed by atoms with Gasteiger partial charge in [-0.2, -0.15) is 4.37 Å². The molecule has 0 bridgehead atoms. The molecule has 1 heterocycles. The average Bonchev–Trinajstić information content (AvgIpc) is 2.94. The zero-order valence-electron chi connectivity index (χ0n) is 9.23. The summed E-state index contributed by atoms with van der Waals surface area (Å²) in [6.45, 7) is 0.908. The SMILES string of the molecule is ClCCN(c1nc(C2CC2)ns1)C1CCC1. The van der Waals surface area contributed by atoms with Crippen LogP contribution in [0.1, 0.15) is 43.8 Å². The van der Waals surface area contributed by atoms with E-state index in [4.69, 9.17) is 11.6 Å². The van der Waals surface area contributed by atoms with Crippen molar-refractivity contribution in [1.29, 1.82) is 0 Å². The van der Waals surface area contributed by atoms with Crippen LogP contribution in [0.15, 0.2) is 0 Å². The second-order valence-corrected chi connectivity index (χ2v) is 5.78. The maximum Gasteiger partial charge on any atom is 0.205 e. The summed E-state index contributed by atoms with van der Waals surface area (Å²) in [6, 6.07) is 0.666. The third-order valence-electron chi connectivity index (χ3n) is 3.46. The molecule has 0 N–H and O–H groups in total. The molecule has 0 saturated heterocycles. The molecule has 0 unspecified atom stereocenters. The Morgan fingerprint density at radius 2 is 2.12 bits per heavy atom. The minimum absolute atomic E-state index is 0.657. The van der Waals surface area contributed by atoms with Crippen LogP contribution in [-0.2, 0) is 0 Å². The number of anilines is 1. The van der Waals surface area contributed by atoms with Crippen LogP contribution in [0.3, 0.4) is 0 Å². The highest BCUT2D eigenvalue weighted by molar-refractivity contribution is 7.09. The van der Waals surface area contributed by atoms with Crippen molar-refractivity contribution < 1.29 is 0 Å². The molecule has 16 heavy (non-hydrogen) atoms. The van der Waals surface area contributed by atoms with E-state index in [9.17, 15) is 0 Å². The highest BCUT2D eigenvalue weighted by atomic mass is 35.5. The molecule has 0 spiro atoms. The Labute approximate surface area is 105 Å². The minimum atomic E-state index is 0.657. The monoisotopic (exact) mass is 257 g/mol. The lowest BCUT2D eigenvalue weighted by Gasteiger charge is -2.36. The Morgan fingerprint density at radius 3 is 2.69 bits per heavy atom. The Balaban J connectivity index is 1.74. The Morgan fingerprint density at radius 1 is 1.31 bits per heavy atom. The third-order valence-corrected chi connectivity index (χ3v) is 4.40. The maximum absolute atomic E-state index is 5.87. The van der Waals surface area contributed by atoms with E-state index in [-0.39, 0.29) is 0 Å². The summed E-state index contributed by atoms with van der Waals surface area (Å²) in [4.78, 5) is 7.03. The van der Waals surface area contributed by atoms with Gasteiger partial charge in [-0.3, -0.25) is 0 Å². The molecular weight excluding hydrogens is 242 g/mol. The lowest BCUT2D eigenvalue weighted by molar-refractivity contribution is 0.390. The molecular formula is C11H16ClN3S. The second kappa shape index (κ2) is 4.49. The highest BCUT2D eigenvalue weighted by Gasteiger charge is 2.31. The van der Waals surface area contributed by atoms with Crippen LogP contribution < -0.4 is 4.90 Å². The van der Waals surface area contributed by atoms with Crippen LogP contribution in [0, 0.1) is 0 Å². The average molecular weight is 258 g/mol. The normalized spacial score (nSPS) is 20.8. The van der Waals surface area contributed by atoms with E-state index >= 15 is 0 Å². The third kappa shape index (κ3) is 2.05. The lowest BCUT2D eigenvalue weighted by atomic mass is 9.92. The molecule has 2 aliphatic carbocycles. The van der Waals surface area contributed by atoms with Gasteiger partial charge in [0, 0.05) is 35.9 Å². The van der Waals surface area contributed by atoms with Crippen LogP contribution >= 0.6 is 23.1 Å². The molecule has 2 saturated carbocycles. The number of hydrogen-bond donors (Lipinski definition) is 0. The van der Waals surface area contributed by atoms with Crippen molar-refractivity contribution in [3.05, 3.63) is 5.82 Å². The lowest BCUT2D eigenvalue weighted by Crippen LogP contribution is -2.41. The van der Waals surface area contributed by atoms with E-state index in [0.717, 1.165) is 17.5 Å². The zero-order valence-corrected chi connectivity index (χ0v) is 10.8. The predicted octanol–water partition coefficient (Wildman–Crippen LogP) is 3.01. The van der Waals surface area contributed by atoms with E-state index in [0.29, 0.717) is 17.8 Å². The van der Waals surface area contributed by atoms with Crippen molar-refractivity contribution >= 4 is 28.3 Å². The van der Waals surface area contributed by atoms with Gasteiger partial charge < -0.3 is 4.90 Å². The minimum Gasteiger partial charge on any atom is -0.343 e. The number of rotatable bonds is 5. The molecule has 1 aromatic rings. The fourth-order valence-corrected chi connectivity index (χ4v) is 3.10. The molecule has 1 aromatic heterocycles. The van der Waals surface area contributed by atoms with Crippen molar-refractivity contribution in [2.75, 3.05) is 17.3 Å². The van der Waals surface area contributed by atoms with E-state index in [2.05, 4.69) is 14.3 Å². The number of hydrogen-bond acceptors (Lipinski definition) is 4. The Hall–Kier alpha value is -0.350. The first-order valence-corrected chi connectivity index (χ1v) is 7.35. The highest BCUT2D eigenvalue weighted by Crippen LogP contribution is 2.40. The summed E-state index contributed by atoms with van der Waals surface area (Å²) in [6.07, 6.45) is 6.46.